The second kappa shape index (κ2) is 6.67. The number of terminal acetylenes is 1. The zero-order valence-corrected chi connectivity index (χ0v) is 9.78. The lowest BCUT2D eigenvalue weighted by Gasteiger charge is -2.20. The van der Waals surface area contributed by atoms with E-state index >= 15 is 0 Å². The van der Waals surface area contributed by atoms with E-state index in [-0.39, 0.29) is 13.2 Å². The van der Waals surface area contributed by atoms with Gasteiger partial charge in [-0.15, -0.1) is 6.42 Å². The molecule has 0 saturated heterocycles. The first-order chi connectivity index (χ1) is 7.58. The van der Waals surface area contributed by atoms with Crippen LogP contribution in [-0.4, -0.2) is 25.2 Å². The number of ether oxygens (including phenoxy) is 2. The molecule has 0 aromatic carbocycles. The molecule has 0 aliphatic carbocycles. The standard InChI is InChI=1S/C12H16O4/c1-5-9-12(6-2,10(13)15-7-3)11(14)16-8-4/h2,5,9H,7-8H2,1,3-4H3. The van der Waals surface area contributed by atoms with E-state index in [4.69, 9.17) is 15.9 Å². The van der Waals surface area contributed by atoms with Crippen LogP contribution in [0.4, 0.5) is 0 Å². The first kappa shape index (κ1) is 14.2. The van der Waals surface area contributed by atoms with Crippen molar-refractivity contribution in [3.63, 3.8) is 0 Å². The highest BCUT2D eigenvalue weighted by Crippen LogP contribution is 2.23. The summed E-state index contributed by atoms with van der Waals surface area (Å²) in [6, 6.07) is 0. The fraction of sp³-hybridized carbons (Fsp3) is 0.500. The highest BCUT2D eigenvalue weighted by atomic mass is 16.6. The summed E-state index contributed by atoms with van der Waals surface area (Å²) in [6.07, 6.45) is 8.08. The second-order valence-corrected chi connectivity index (χ2v) is 2.89. The molecule has 4 nitrogen and oxygen atoms in total. The topological polar surface area (TPSA) is 52.6 Å². The minimum absolute atomic E-state index is 0.152. The fourth-order valence-corrected chi connectivity index (χ4v) is 1.13. The maximum Gasteiger partial charge on any atom is 0.339 e. The van der Waals surface area contributed by atoms with Crippen LogP contribution in [0, 0.1) is 17.8 Å². The van der Waals surface area contributed by atoms with Crippen molar-refractivity contribution in [1.29, 1.82) is 0 Å². The van der Waals surface area contributed by atoms with E-state index in [9.17, 15) is 9.59 Å². The highest BCUT2D eigenvalue weighted by Gasteiger charge is 2.45. The predicted octanol–water partition coefficient (Wildman–Crippen LogP) is 1.31. The van der Waals surface area contributed by atoms with Crippen LogP contribution in [0.25, 0.3) is 0 Å². The van der Waals surface area contributed by atoms with E-state index in [1.807, 2.05) is 0 Å². The predicted molar refractivity (Wildman–Crippen MR) is 59.3 cm³/mol. The Morgan fingerprint density at radius 2 is 1.69 bits per heavy atom. The van der Waals surface area contributed by atoms with Gasteiger partial charge in [-0.2, -0.15) is 0 Å². The Morgan fingerprint density at radius 3 is 1.94 bits per heavy atom. The molecule has 88 valence electrons. The number of carbonyl (C=O) groups is 2. The van der Waals surface area contributed by atoms with Crippen LogP contribution in [0.2, 0.25) is 0 Å². The molecule has 0 heterocycles. The Labute approximate surface area is 95.6 Å². The van der Waals surface area contributed by atoms with Gasteiger partial charge in [0.15, 0.2) is 0 Å². The van der Waals surface area contributed by atoms with Crippen molar-refractivity contribution in [2.24, 2.45) is 5.41 Å². The van der Waals surface area contributed by atoms with Gasteiger partial charge in [0.05, 0.1) is 13.2 Å². The summed E-state index contributed by atoms with van der Waals surface area (Å²) in [5, 5.41) is 0. The molecule has 0 unspecified atom stereocenters. The zero-order valence-electron chi connectivity index (χ0n) is 9.78. The lowest BCUT2D eigenvalue weighted by molar-refractivity contribution is -0.163. The molecule has 0 aromatic heterocycles. The molecule has 0 fully saturated rings. The first-order valence-electron chi connectivity index (χ1n) is 5.05. The van der Waals surface area contributed by atoms with E-state index in [2.05, 4.69) is 5.92 Å². The molecule has 0 aliphatic rings. The monoisotopic (exact) mass is 224 g/mol. The molecule has 0 aliphatic heterocycles. The third kappa shape index (κ3) is 2.86. The van der Waals surface area contributed by atoms with Crippen LogP contribution in [-0.2, 0) is 19.1 Å². The third-order valence-corrected chi connectivity index (χ3v) is 1.84. The van der Waals surface area contributed by atoms with Gasteiger partial charge in [0.25, 0.3) is 0 Å². The normalized spacial score (nSPS) is 10.9. The quantitative estimate of drug-likeness (QED) is 0.306. The lowest BCUT2D eigenvalue weighted by atomic mass is 9.88. The van der Waals surface area contributed by atoms with E-state index < -0.39 is 17.4 Å². The van der Waals surface area contributed by atoms with Gasteiger partial charge in [-0.1, -0.05) is 12.0 Å². The van der Waals surface area contributed by atoms with Crippen LogP contribution >= 0.6 is 0 Å². The Hall–Kier alpha value is -1.76. The van der Waals surface area contributed by atoms with Crippen molar-refractivity contribution in [3.8, 4) is 12.3 Å². The van der Waals surface area contributed by atoms with Gasteiger partial charge in [-0.25, -0.2) is 9.59 Å². The van der Waals surface area contributed by atoms with Crippen molar-refractivity contribution >= 4 is 11.9 Å². The van der Waals surface area contributed by atoms with Crippen LogP contribution in [0.5, 0.6) is 0 Å². The SMILES string of the molecule is C#CC(C=CC)(C(=O)OCC)C(=O)OCC. The van der Waals surface area contributed by atoms with Gasteiger partial charge < -0.3 is 9.47 Å². The Bertz CT molecular complexity index is 304. The average Bonchev–Trinajstić information content (AvgIpc) is 2.26. The molecule has 0 radical (unpaired) electrons. The minimum Gasteiger partial charge on any atom is -0.464 e. The second-order valence-electron chi connectivity index (χ2n) is 2.89. The number of rotatable bonds is 5. The number of hydrogen-bond donors (Lipinski definition) is 0. The molecule has 0 amide bonds. The lowest BCUT2D eigenvalue weighted by Crippen LogP contribution is -2.39. The minimum atomic E-state index is -1.76. The van der Waals surface area contributed by atoms with Crippen molar-refractivity contribution in [2.45, 2.75) is 20.8 Å². The summed E-state index contributed by atoms with van der Waals surface area (Å²) in [5.74, 6) is 0.583. The molecule has 0 aromatic rings. The van der Waals surface area contributed by atoms with Gasteiger partial charge in [-0.3, -0.25) is 0 Å². The molecule has 0 saturated carbocycles. The van der Waals surface area contributed by atoms with Crippen molar-refractivity contribution in [1.82, 2.24) is 0 Å². The number of carbonyl (C=O) groups excluding carboxylic acids is 2. The summed E-state index contributed by atoms with van der Waals surface area (Å²) in [7, 11) is 0. The Balaban J connectivity index is 5.24. The van der Waals surface area contributed by atoms with Crippen LogP contribution in [0.1, 0.15) is 20.8 Å². The van der Waals surface area contributed by atoms with Gasteiger partial charge >= 0.3 is 11.9 Å². The third-order valence-electron chi connectivity index (χ3n) is 1.84. The molecule has 0 spiro atoms. The fourth-order valence-electron chi connectivity index (χ4n) is 1.13. The summed E-state index contributed by atoms with van der Waals surface area (Å²) in [4.78, 5) is 23.4. The number of allylic oxidation sites excluding steroid dienone is 1. The summed E-state index contributed by atoms with van der Waals surface area (Å²) >= 11 is 0. The smallest absolute Gasteiger partial charge is 0.339 e. The van der Waals surface area contributed by atoms with Gasteiger partial charge in [0.1, 0.15) is 0 Å². The number of esters is 2. The number of hydrogen-bond acceptors (Lipinski definition) is 4. The highest BCUT2D eigenvalue weighted by molar-refractivity contribution is 6.05. The molecule has 0 atom stereocenters. The maximum atomic E-state index is 11.7. The first-order valence-corrected chi connectivity index (χ1v) is 5.05. The van der Waals surface area contributed by atoms with Gasteiger partial charge in [0, 0.05) is 0 Å². The molecular weight excluding hydrogens is 208 g/mol. The molecule has 0 rings (SSSR count). The largest absolute Gasteiger partial charge is 0.464 e. The average molecular weight is 224 g/mol. The zero-order chi connectivity index (χ0) is 12.6. The van der Waals surface area contributed by atoms with E-state index in [0.29, 0.717) is 0 Å². The molecule has 0 N–H and O–H groups in total. The van der Waals surface area contributed by atoms with Gasteiger partial charge in [0.2, 0.25) is 5.41 Å². The van der Waals surface area contributed by atoms with Crippen molar-refractivity contribution in [3.05, 3.63) is 12.2 Å². The molecule has 16 heavy (non-hydrogen) atoms. The summed E-state index contributed by atoms with van der Waals surface area (Å²) < 4.78 is 9.57. The van der Waals surface area contributed by atoms with E-state index in [1.165, 1.54) is 12.2 Å². The van der Waals surface area contributed by atoms with Crippen LogP contribution in [0.15, 0.2) is 12.2 Å². The summed E-state index contributed by atoms with van der Waals surface area (Å²) in [6.45, 7) is 5.24. The molecule has 0 bridgehead atoms. The van der Waals surface area contributed by atoms with Crippen LogP contribution in [0.3, 0.4) is 0 Å². The van der Waals surface area contributed by atoms with E-state index in [1.54, 1.807) is 20.8 Å². The van der Waals surface area contributed by atoms with Crippen molar-refractivity contribution < 1.29 is 19.1 Å². The van der Waals surface area contributed by atoms with Gasteiger partial charge in [-0.05, 0) is 26.8 Å². The Kier molecular flexibility index (Phi) is 5.94. The van der Waals surface area contributed by atoms with E-state index in [0.717, 1.165) is 0 Å². The summed E-state index contributed by atoms with van der Waals surface area (Å²) in [5.41, 5.74) is -1.76. The molecule has 4 heteroatoms. The maximum absolute atomic E-state index is 11.7. The van der Waals surface area contributed by atoms with Crippen molar-refractivity contribution in [2.75, 3.05) is 13.2 Å². The van der Waals surface area contributed by atoms with Crippen LogP contribution < -0.4 is 0 Å². The Morgan fingerprint density at radius 1 is 1.25 bits per heavy atom. The molecular formula is C12H16O4.